The number of nitrogens with one attached hydrogen (secondary N) is 2. The zero-order valence-electron chi connectivity index (χ0n) is 16.2. The molecule has 1 fully saturated rings. The summed E-state index contributed by atoms with van der Waals surface area (Å²) in [6, 6.07) is 7.53. The van der Waals surface area contributed by atoms with Gasteiger partial charge in [-0.3, -0.25) is 9.59 Å². The molecule has 0 bridgehead atoms. The molecule has 0 aromatic heterocycles. The molecular formula is C21H29ClF2N2O2. The van der Waals surface area contributed by atoms with Crippen LogP contribution in [0.2, 0.25) is 5.02 Å². The van der Waals surface area contributed by atoms with Gasteiger partial charge in [0.2, 0.25) is 18.2 Å². The van der Waals surface area contributed by atoms with Gasteiger partial charge in [0.15, 0.2) is 0 Å². The molecule has 0 aliphatic heterocycles. The number of hydrogen-bond donors (Lipinski definition) is 2. The minimum absolute atomic E-state index is 0.0706. The largest absolute Gasteiger partial charge is 0.356 e. The van der Waals surface area contributed by atoms with Gasteiger partial charge >= 0.3 is 0 Å². The number of benzene rings is 1. The number of hydrogen-bond acceptors (Lipinski definition) is 2. The fourth-order valence-electron chi connectivity index (χ4n) is 3.65. The second-order valence-electron chi connectivity index (χ2n) is 7.56. The molecule has 2 N–H and O–H groups in total. The summed E-state index contributed by atoms with van der Waals surface area (Å²) in [5.74, 6) is -0.378. The second kappa shape index (κ2) is 11.3. The Labute approximate surface area is 170 Å². The van der Waals surface area contributed by atoms with Crippen molar-refractivity contribution in [1.29, 1.82) is 0 Å². The number of rotatable bonds is 10. The van der Waals surface area contributed by atoms with E-state index in [0.29, 0.717) is 23.9 Å². The molecular weight excluding hydrogens is 386 g/mol. The lowest BCUT2D eigenvalue weighted by atomic mass is 9.91. The van der Waals surface area contributed by atoms with Gasteiger partial charge in [0.1, 0.15) is 0 Å². The standard InChI is InChI=1S/C21H29ClF2N2O2/c1-14(11-12-25-19(27)10-9-18(23)24)21(28)26-20(15-5-2-3-6-15)16-7-4-8-17(22)13-16/h4,7-8,13-15,18,20H,2-3,5-6,9-12H2,1H3,(H,25,27)(H,26,28)/t14-,20+/m1/s1. The highest BCUT2D eigenvalue weighted by molar-refractivity contribution is 6.30. The summed E-state index contributed by atoms with van der Waals surface area (Å²) >= 11 is 6.14. The molecule has 0 unspecified atom stereocenters. The van der Waals surface area contributed by atoms with Gasteiger partial charge in [-0.05, 0) is 42.9 Å². The Morgan fingerprint density at radius 1 is 1.21 bits per heavy atom. The average Bonchev–Trinajstić information content (AvgIpc) is 3.18. The van der Waals surface area contributed by atoms with E-state index < -0.39 is 18.8 Å². The van der Waals surface area contributed by atoms with Gasteiger partial charge in [-0.25, -0.2) is 8.78 Å². The number of carbonyl (C=O) groups excluding carboxylic acids is 2. The predicted molar refractivity (Wildman–Crippen MR) is 106 cm³/mol. The number of carbonyl (C=O) groups is 2. The summed E-state index contributed by atoms with van der Waals surface area (Å²) in [5.41, 5.74) is 1.01. The molecule has 1 saturated carbocycles. The van der Waals surface area contributed by atoms with Crippen molar-refractivity contribution in [2.24, 2.45) is 11.8 Å². The average molecular weight is 415 g/mol. The van der Waals surface area contributed by atoms with Crippen molar-refractivity contribution >= 4 is 23.4 Å². The van der Waals surface area contributed by atoms with E-state index in [9.17, 15) is 18.4 Å². The molecule has 1 aliphatic rings. The van der Waals surface area contributed by atoms with Crippen molar-refractivity contribution in [3.8, 4) is 0 Å². The summed E-state index contributed by atoms with van der Waals surface area (Å²) < 4.78 is 24.2. The first-order chi connectivity index (χ1) is 13.4. The van der Waals surface area contributed by atoms with E-state index in [2.05, 4.69) is 10.6 Å². The van der Waals surface area contributed by atoms with E-state index in [0.717, 1.165) is 31.2 Å². The van der Waals surface area contributed by atoms with Gasteiger partial charge in [-0.1, -0.05) is 43.5 Å². The first-order valence-electron chi connectivity index (χ1n) is 9.97. The van der Waals surface area contributed by atoms with Gasteiger partial charge < -0.3 is 10.6 Å². The lowest BCUT2D eigenvalue weighted by Gasteiger charge is -2.27. The van der Waals surface area contributed by atoms with E-state index in [1.807, 2.05) is 31.2 Å². The van der Waals surface area contributed by atoms with Crippen LogP contribution in [0.15, 0.2) is 24.3 Å². The third-order valence-corrected chi connectivity index (χ3v) is 5.55. The topological polar surface area (TPSA) is 58.2 Å². The Bertz CT molecular complexity index is 651. The van der Waals surface area contributed by atoms with Gasteiger partial charge in [0.25, 0.3) is 0 Å². The monoisotopic (exact) mass is 414 g/mol. The van der Waals surface area contributed by atoms with E-state index in [4.69, 9.17) is 11.6 Å². The Balaban J connectivity index is 1.87. The molecule has 0 radical (unpaired) electrons. The Morgan fingerprint density at radius 2 is 1.93 bits per heavy atom. The van der Waals surface area contributed by atoms with Gasteiger partial charge in [0, 0.05) is 30.3 Å². The Kier molecular flexibility index (Phi) is 9.16. The second-order valence-corrected chi connectivity index (χ2v) is 7.99. The van der Waals surface area contributed by atoms with Crippen LogP contribution in [0.5, 0.6) is 0 Å². The van der Waals surface area contributed by atoms with Crippen LogP contribution in [0.3, 0.4) is 0 Å². The number of alkyl halides is 2. The molecule has 2 rings (SSSR count). The summed E-state index contributed by atoms with van der Waals surface area (Å²) in [7, 11) is 0. The molecule has 0 spiro atoms. The van der Waals surface area contributed by atoms with Crippen molar-refractivity contribution in [3.05, 3.63) is 34.9 Å². The third kappa shape index (κ3) is 7.38. The highest BCUT2D eigenvalue weighted by atomic mass is 35.5. The van der Waals surface area contributed by atoms with Crippen molar-refractivity contribution in [3.63, 3.8) is 0 Å². The van der Waals surface area contributed by atoms with Gasteiger partial charge in [-0.2, -0.15) is 0 Å². The Hall–Kier alpha value is -1.69. The van der Waals surface area contributed by atoms with Crippen LogP contribution in [-0.2, 0) is 9.59 Å². The maximum Gasteiger partial charge on any atom is 0.239 e. The molecule has 28 heavy (non-hydrogen) atoms. The molecule has 7 heteroatoms. The lowest BCUT2D eigenvalue weighted by molar-refractivity contribution is -0.126. The maximum absolute atomic E-state index is 12.7. The molecule has 1 aliphatic carbocycles. The van der Waals surface area contributed by atoms with Crippen LogP contribution in [-0.4, -0.2) is 24.8 Å². The first-order valence-corrected chi connectivity index (χ1v) is 10.3. The van der Waals surface area contributed by atoms with E-state index in [1.54, 1.807) is 0 Å². The zero-order valence-corrected chi connectivity index (χ0v) is 17.0. The normalized spacial score (nSPS) is 16.8. The minimum atomic E-state index is -2.48. The van der Waals surface area contributed by atoms with Crippen LogP contribution in [0.4, 0.5) is 8.78 Å². The highest BCUT2D eigenvalue weighted by Crippen LogP contribution is 2.36. The Morgan fingerprint density at radius 3 is 2.57 bits per heavy atom. The number of halogens is 3. The molecule has 2 amide bonds. The third-order valence-electron chi connectivity index (χ3n) is 5.31. The summed E-state index contributed by atoms with van der Waals surface area (Å²) in [6.45, 7) is 2.10. The molecule has 1 aromatic carbocycles. The molecule has 2 atom stereocenters. The SMILES string of the molecule is C[C@H](CCNC(=O)CCC(F)F)C(=O)N[C@H](c1cccc(Cl)c1)C1CCCC1. The fourth-order valence-corrected chi connectivity index (χ4v) is 3.85. The van der Waals surface area contributed by atoms with Crippen molar-refractivity contribution in [2.75, 3.05) is 6.54 Å². The van der Waals surface area contributed by atoms with Crippen molar-refractivity contribution in [2.45, 2.75) is 64.3 Å². The smallest absolute Gasteiger partial charge is 0.239 e. The number of amides is 2. The predicted octanol–water partition coefficient (Wildman–Crippen LogP) is 4.88. The van der Waals surface area contributed by atoms with E-state index >= 15 is 0 Å². The molecule has 0 saturated heterocycles. The van der Waals surface area contributed by atoms with Crippen molar-refractivity contribution in [1.82, 2.24) is 10.6 Å². The highest BCUT2D eigenvalue weighted by Gasteiger charge is 2.29. The van der Waals surface area contributed by atoms with E-state index in [1.165, 1.54) is 0 Å². The zero-order chi connectivity index (χ0) is 20.5. The van der Waals surface area contributed by atoms with Crippen LogP contribution in [0.1, 0.15) is 63.5 Å². The fraction of sp³-hybridized carbons (Fsp3) is 0.619. The van der Waals surface area contributed by atoms with Crippen LogP contribution in [0, 0.1) is 11.8 Å². The molecule has 4 nitrogen and oxygen atoms in total. The molecule has 0 heterocycles. The van der Waals surface area contributed by atoms with Crippen LogP contribution in [0.25, 0.3) is 0 Å². The maximum atomic E-state index is 12.7. The summed E-state index contributed by atoms with van der Waals surface area (Å²) in [4.78, 5) is 24.2. The summed E-state index contributed by atoms with van der Waals surface area (Å²) in [5, 5.41) is 6.42. The van der Waals surface area contributed by atoms with Gasteiger partial charge in [-0.15, -0.1) is 0 Å². The summed E-state index contributed by atoms with van der Waals surface area (Å²) in [6.07, 6.45) is 1.82. The first kappa shape index (κ1) is 22.6. The minimum Gasteiger partial charge on any atom is -0.356 e. The van der Waals surface area contributed by atoms with Crippen LogP contribution < -0.4 is 10.6 Å². The van der Waals surface area contributed by atoms with Crippen LogP contribution >= 0.6 is 11.6 Å². The van der Waals surface area contributed by atoms with Gasteiger partial charge in [0.05, 0.1) is 6.04 Å². The molecule has 1 aromatic rings. The molecule has 156 valence electrons. The quantitative estimate of drug-likeness (QED) is 0.573. The van der Waals surface area contributed by atoms with E-state index in [-0.39, 0.29) is 24.3 Å². The lowest BCUT2D eigenvalue weighted by Crippen LogP contribution is -2.37. The van der Waals surface area contributed by atoms with Crippen molar-refractivity contribution < 1.29 is 18.4 Å².